The van der Waals surface area contributed by atoms with E-state index in [1.807, 2.05) is 49.1 Å². The van der Waals surface area contributed by atoms with Gasteiger partial charge in [-0.2, -0.15) is 0 Å². The molecule has 0 bridgehead atoms. The fraction of sp³-hybridized carbons (Fsp3) is 0.389. The molecule has 6 rings (SSSR count). The lowest BCUT2D eigenvalue weighted by molar-refractivity contribution is -0.140. The fourth-order valence-corrected chi connectivity index (χ4v) is 6.46. The summed E-state index contributed by atoms with van der Waals surface area (Å²) in [5.74, 6) is -2.17. The monoisotopic (exact) mass is 625 g/mol. The molecule has 240 valence electrons. The van der Waals surface area contributed by atoms with E-state index in [1.165, 1.54) is 6.07 Å². The van der Waals surface area contributed by atoms with E-state index < -0.39 is 24.2 Å². The number of anilines is 1. The van der Waals surface area contributed by atoms with Gasteiger partial charge in [0, 0.05) is 62.1 Å². The summed E-state index contributed by atoms with van der Waals surface area (Å²) in [6, 6.07) is 18.9. The predicted molar refractivity (Wildman–Crippen MR) is 171 cm³/mol. The molecule has 1 saturated carbocycles. The van der Waals surface area contributed by atoms with E-state index in [0.29, 0.717) is 56.2 Å². The molecule has 1 aliphatic carbocycles. The number of fused-ring (bicyclic) bond motifs is 1. The minimum absolute atomic E-state index is 0.0732. The first kappa shape index (κ1) is 31.4. The van der Waals surface area contributed by atoms with Gasteiger partial charge in [0.1, 0.15) is 0 Å². The van der Waals surface area contributed by atoms with Gasteiger partial charge in [-0.3, -0.25) is 14.4 Å². The Hall–Kier alpha value is -4.54. The highest BCUT2D eigenvalue weighted by molar-refractivity contribution is 6.14. The summed E-state index contributed by atoms with van der Waals surface area (Å²) in [5, 5.41) is 13.4. The fourth-order valence-electron chi connectivity index (χ4n) is 6.46. The van der Waals surface area contributed by atoms with Gasteiger partial charge in [-0.25, -0.2) is 4.79 Å². The number of carboxylic acids is 1. The number of aromatic carboxylic acids is 1. The van der Waals surface area contributed by atoms with E-state index in [1.54, 1.807) is 35.2 Å². The maximum Gasteiger partial charge on any atom is 0.336 e. The summed E-state index contributed by atoms with van der Waals surface area (Å²) < 4.78 is 11.5. The third-order valence-corrected chi connectivity index (χ3v) is 8.97. The minimum Gasteiger partial charge on any atom is -0.478 e. The van der Waals surface area contributed by atoms with Crippen molar-refractivity contribution < 1.29 is 33.8 Å². The van der Waals surface area contributed by atoms with E-state index >= 15 is 0 Å². The van der Waals surface area contributed by atoms with Crippen molar-refractivity contribution in [2.75, 3.05) is 44.7 Å². The first-order chi connectivity index (χ1) is 22.3. The Morgan fingerprint density at radius 3 is 2.15 bits per heavy atom. The van der Waals surface area contributed by atoms with Gasteiger partial charge >= 0.3 is 5.97 Å². The highest BCUT2D eigenvalue weighted by Crippen LogP contribution is 2.44. The normalized spacial score (nSPS) is 19.5. The summed E-state index contributed by atoms with van der Waals surface area (Å²) in [5.41, 5.74) is 3.19. The molecule has 2 amide bonds. The van der Waals surface area contributed by atoms with Crippen LogP contribution >= 0.6 is 0 Å². The first-order valence-electron chi connectivity index (χ1n) is 16.0. The molecule has 2 fully saturated rings. The van der Waals surface area contributed by atoms with Crippen molar-refractivity contribution in [1.82, 2.24) is 9.80 Å². The molecule has 2 unspecified atom stereocenters. The third-order valence-electron chi connectivity index (χ3n) is 8.97. The highest BCUT2D eigenvalue weighted by Gasteiger charge is 2.40. The number of benzene rings is 3. The van der Waals surface area contributed by atoms with Crippen LogP contribution in [0.3, 0.4) is 0 Å². The van der Waals surface area contributed by atoms with Crippen molar-refractivity contribution in [2.45, 2.75) is 44.9 Å². The molecule has 3 aromatic rings. The van der Waals surface area contributed by atoms with Gasteiger partial charge in [-0.1, -0.05) is 42.5 Å². The van der Waals surface area contributed by atoms with Gasteiger partial charge in [-0.15, -0.1) is 0 Å². The average Bonchev–Trinajstić information content (AvgIpc) is 3.93. The van der Waals surface area contributed by atoms with Gasteiger partial charge in [-0.05, 0) is 62.1 Å². The smallest absolute Gasteiger partial charge is 0.336 e. The maximum atomic E-state index is 14.3. The Bertz CT molecular complexity index is 1620. The van der Waals surface area contributed by atoms with Gasteiger partial charge < -0.3 is 29.7 Å². The van der Waals surface area contributed by atoms with Crippen LogP contribution in [0.1, 0.15) is 92.7 Å². The second kappa shape index (κ2) is 13.4. The molecular formula is C36H39N3O7. The molecule has 0 aromatic heterocycles. The Kier molecular flexibility index (Phi) is 9.19. The minimum atomic E-state index is -1.19. The van der Waals surface area contributed by atoms with E-state index in [-0.39, 0.29) is 34.6 Å². The van der Waals surface area contributed by atoms with Crippen molar-refractivity contribution in [3.63, 3.8) is 0 Å². The van der Waals surface area contributed by atoms with Gasteiger partial charge in [0.05, 0.1) is 23.1 Å². The van der Waals surface area contributed by atoms with E-state index in [2.05, 4.69) is 5.32 Å². The molecule has 46 heavy (non-hydrogen) atoms. The maximum absolute atomic E-state index is 14.3. The van der Waals surface area contributed by atoms with Crippen molar-refractivity contribution in [3.05, 3.63) is 100 Å². The standard InChI is InChI=1S/C36H39N3O7/c1-3-45-36(46-4-2)24-15-11-22(12-16-24)31-29(32(40)30-27(35(43)44)9-6-10-28(30)37-31)25-7-5-8-26(21-25)34(42)39-19-17-38(18-20-39)33(41)23-13-14-23/h5-12,15-16,21,23,29,31,36-37H,3-4,13-14,17-20H2,1-2H3,(H,43,44). The zero-order valence-corrected chi connectivity index (χ0v) is 26.1. The lowest BCUT2D eigenvalue weighted by atomic mass is 9.76. The summed E-state index contributed by atoms with van der Waals surface area (Å²) in [6.07, 6.45) is 1.38. The Balaban J connectivity index is 1.32. The zero-order chi connectivity index (χ0) is 32.4. The van der Waals surface area contributed by atoms with Crippen molar-refractivity contribution >= 4 is 29.3 Å². The van der Waals surface area contributed by atoms with Crippen LogP contribution in [-0.2, 0) is 14.3 Å². The Morgan fingerprint density at radius 1 is 0.870 bits per heavy atom. The summed E-state index contributed by atoms with van der Waals surface area (Å²) in [4.78, 5) is 56.3. The lowest BCUT2D eigenvalue weighted by Gasteiger charge is -2.36. The Morgan fingerprint density at radius 2 is 1.52 bits per heavy atom. The van der Waals surface area contributed by atoms with Gasteiger partial charge in [0.25, 0.3) is 5.91 Å². The third kappa shape index (κ3) is 6.27. The molecule has 0 radical (unpaired) electrons. The number of carboxylic acid groups (broad SMARTS) is 1. The SMILES string of the molecule is CCOC(OCC)c1ccc(C2Nc3cccc(C(=O)O)c3C(=O)C2c2cccc(C(=O)N3CCN(C(=O)C4CC4)CC3)c2)cc1. The molecule has 1 saturated heterocycles. The number of rotatable bonds is 10. The molecule has 0 spiro atoms. The molecule has 3 aliphatic rings. The highest BCUT2D eigenvalue weighted by atomic mass is 16.7. The zero-order valence-electron chi connectivity index (χ0n) is 26.1. The summed E-state index contributed by atoms with van der Waals surface area (Å²) >= 11 is 0. The number of ketones is 1. The van der Waals surface area contributed by atoms with Crippen molar-refractivity contribution in [2.24, 2.45) is 5.92 Å². The number of hydrogen-bond acceptors (Lipinski definition) is 7. The molecule has 2 N–H and O–H groups in total. The van der Waals surface area contributed by atoms with Crippen LogP contribution in [0.4, 0.5) is 5.69 Å². The van der Waals surface area contributed by atoms with Crippen LogP contribution in [0, 0.1) is 5.92 Å². The quantitative estimate of drug-likeness (QED) is 0.292. The number of carbonyl (C=O) groups is 4. The number of amides is 2. The van der Waals surface area contributed by atoms with Crippen LogP contribution < -0.4 is 5.32 Å². The number of carbonyl (C=O) groups excluding carboxylic acids is 3. The number of ether oxygens (including phenoxy) is 2. The second-order valence-electron chi connectivity index (χ2n) is 11.9. The topological polar surface area (TPSA) is 125 Å². The number of nitrogens with zero attached hydrogens (tertiary/aromatic N) is 2. The van der Waals surface area contributed by atoms with Gasteiger partial charge in [0.15, 0.2) is 12.1 Å². The van der Waals surface area contributed by atoms with Crippen molar-refractivity contribution in [3.8, 4) is 0 Å². The number of nitrogens with one attached hydrogen (secondary N) is 1. The van der Waals surface area contributed by atoms with Crippen molar-refractivity contribution in [1.29, 1.82) is 0 Å². The summed E-state index contributed by atoms with van der Waals surface area (Å²) in [6.45, 7) is 6.68. The molecule has 10 nitrogen and oxygen atoms in total. The molecule has 10 heteroatoms. The van der Waals surface area contributed by atoms with E-state index in [4.69, 9.17) is 9.47 Å². The lowest BCUT2D eigenvalue weighted by Crippen LogP contribution is -2.51. The first-order valence-corrected chi connectivity index (χ1v) is 16.0. The number of Topliss-reactive ketones (excluding diaryl/α,β-unsaturated/α-hetero) is 1. The van der Waals surface area contributed by atoms with Crippen LogP contribution in [0.15, 0.2) is 66.7 Å². The number of piperazine rings is 1. The van der Waals surface area contributed by atoms with E-state index in [0.717, 1.165) is 24.0 Å². The largest absolute Gasteiger partial charge is 0.478 e. The number of hydrogen-bond donors (Lipinski definition) is 2. The second-order valence-corrected chi connectivity index (χ2v) is 11.9. The Labute approximate surface area is 268 Å². The van der Waals surface area contributed by atoms with Gasteiger partial charge in [0.2, 0.25) is 5.91 Å². The van der Waals surface area contributed by atoms with Crippen LogP contribution in [0.5, 0.6) is 0 Å². The van der Waals surface area contributed by atoms with Crippen LogP contribution in [-0.4, -0.2) is 77.9 Å². The van der Waals surface area contributed by atoms with Crippen LogP contribution in [0.25, 0.3) is 0 Å². The average molecular weight is 626 g/mol. The molecule has 2 atom stereocenters. The molecule has 2 aliphatic heterocycles. The molecule has 3 aromatic carbocycles. The molecule has 2 heterocycles. The van der Waals surface area contributed by atoms with E-state index in [9.17, 15) is 24.3 Å². The predicted octanol–water partition coefficient (Wildman–Crippen LogP) is 5.28. The van der Waals surface area contributed by atoms with Crippen LogP contribution in [0.2, 0.25) is 0 Å². The summed E-state index contributed by atoms with van der Waals surface area (Å²) in [7, 11) is 0. The molecular weight excluding hydrogens is 586 g/mol.